The Morgan fingerprint density at radius 2 is 2.19 bits per heavy atom. The van der Waals surface area contributed by atoms with Gasteiger partial charge in [0.15, 0.2) is 0 Å². The second-order valence-electron chi connectivity index (χ2n) is 5.95. The molecule has 0 saturated heterocycles. The van der Waals surface area contributed by atoms with Gasteiger partial charge in [0.2, 0.25) is 11.1 Å². The number of carbonyl (C=O) groups is 1. The van der Waals surface area contributed by atoms with E-state index < -0.39 is 0 Å². The van der Waals surface area contributed by atoms with Gasteiger partial charge in [0.25, 0.3) is 0 Å². The van der Waals surface area contributed by atoms with Crippen molar-refractivity contribution in [3.63, 3.8) is 0 Å². The molecule has 1 aromatic carbocycles. The van der Waals surface area contributed by atoms with Crippen molar-refractivity contribution in [3.8, 4) is 0 Å². The molecule has 0 atom stereocenters. The van der Waals surface area contributed by atoms with Crippen molar-refractivity contribution < 1.29 is 9.21 Å². The number of carbonyl (C=O) groups excluding carboxylic acids is 1. The monoisotopic (exact) mass is 382 g/mol. The molecular weight excluding hydrogens is 364 g/mol. The number of tetrazole rings is 1. The van der Waals surface area contributed by atoms with Crippen molar-refractivity contribution in [2.45, 2.75) is 18.1 Å². The van der Waals surface area contributed by atoms with Crippen molar-refractivity contribution in [3.05, 3.63) is 60.2 Å². The molecule has 9 heteroatoms. The van der Waals surface area contributed by atoms with E-state index in [0.29, 0.717) is 18.2 Å². The first-order valence-electron chi connectivity index (χ1n) is 8.52. The van der Waals surface area contributed by atoms with Crippen LogP contribution in [0.5, 0.6) is 0 Å². The predicted octanol–water partition coefficient (Wildman–Crippen LogP) is 2.25. The predicted molar refractivity (Wildman–Crippen MR) is 101 cm³/mol. The maximum atomic E-state index is 12.1. The van der Waals surface area contributed by atoms with Crippen molar-refractivity contribution in [1.82, 2.24) is 30.5 Å². The second kappa shape index (κ2) is 8.09. The SMILES string of the molecule is O=C(CSc1nnnn1Cc1ccco1)NCCc1c[nH]c2ccccc12. The third-order valence-corrected chi connectivity index (χ3v) is 5.07. The number of hydrogen-bond acceptors (Lipinski definition) is 6. The van der Waals surface area contributed by atoms with Crippen LogP contribution in [0.25, 0.3) is 10.9 Å². The highest BCUT2D eigenvalue weighted by molar-refractivity contribution is 7.99. The van der Waals surface area contributed by atoms with Gasteiger partial charge in [0.1, 0.15) is 12.3 Å². The molecule has 0 aliphatic rings. The van der Waals surface area contributed by atoms with E-state index in [2.05, 4.69) is 31.9 Å². The van der Waals surface area contributed by atoms with E-state index in [-0.39, 0.29) is 11.7 Å². The molecular formula is C18H18N6O2S. The summed E-state index contributed by atoms with van der Waals surface area (Å²) in [6.07, 6.45) is 4.37. The average molecular weight is 382 g/mol. The Morgan fingerprint density at radius 1 is 1.26 bits per heavy atom. The lowest BCUT2D eigenvalue weighted by Gasteiger charge is -2.05. The minimum absolute atomic E-state index is 0.0487. The van der Waals surface area contributed by atoms with Crippen LogP contribution in [-0.2, 0) is 17.8 Å². The zero-order chi connectivity index (χ0) is 18.5. The van der Waals surface area contributed by atoms with Crippen molar-refractivity contribution in [1.29, 1.82) is 0 Å². The summed E-state index contributed by atoms with van der Waals surface area (Å²) in [7, 11) is 0. The van der Waals surface area contributed by atoms with Crippen LogP contribution in [0.4, 0.5) is 0 Å². The summed E-state index contributed by atoms with van der Waals surface area (Å²) in [5, 5.41) is 16.3. The number of aromatic nitrogens is 5. The number of benzene rings is 1. The molecule has 0 spiro atoms. The van der Waals surface area contributed by atoms with Gasteiger partial charge in [-0.3, -0.25) is 4.79 Å². The highest BCUT2D eigenvalue weighted by atomic mass is 32.2. The van der Waals surface area contributed by atoms with Crippen molar-refractivity contribution in [2.24, 2.45) is 0 Å². The summed E-state index contributed by atoms with van der Waals surface area (Å²) in [4.78, 5) is 15.4. The molecule has 2 N–H and O–H groups in total. The largest absolute Gasteiger partial charge is 0.467 e. The molecule has 3 heterocycles. The standard InChI is InChI=1S/C18H18N6O2S/c25-17(19-8-7-13-10-20-16-6-2-1-5-15(13)16)12-27-18-21-22-23-24(18)11-14-4-3-9-26-14/h1-6,9-10,20H,7-8,11-12H2,(H,19,25). The number of aromatic amines is 1. The van der Waals surface area contributed by atoms with E-state index in [1.54, 1.807) is 10.9 Å². The number of nitrogens with one attached hydrogen (secondary N) is 2. The van der Waals surface area contributed by atoms with Gasteiger partial charge in [-0.25, -0.2) is 4.68 Å². The van der Waals surface area contributed by atoms with E-state index in [1.807, 2.05) is 36.5 Å². The minimum atomic E-state index is -0.0487. The van der Waals surface area contributed by atoms with Crippen molar-refractivity contribution in [2.75, 3.05) is 12.3 Å². The quantitative estimate of drug-likeness (QED) is 0.453. The number of fused-ring (bicyclic) bond motifs is 1. The first kappa shape index (κ1) is 17.3. The summed E-state index contributed by atoms with van der Waals surface area (Å²) in [5.74, 6) is 0.964. The number of para-hydroxylation sites is 1. The molecule has 0 aliphatic carbocycles. The summed E-state index contributed by atoms with van der Waals surface area (Å²) in [6.45, 7) is 1.02. The molecule has 138 valence electrons. The first-order valence-corrected chi connectivity index (χ1v) is 9.51. The third kappa shape index (κ3) is 4.20. The smallest absolute Gasteiger partial charge is 0.230 e. The Hall–Kier alpha value is -3.07. The molecule has 4 rings (SSSR count). The maximum Gasteiger partial charge on any atom is 0.230 e. The van der Waals surface area contributed by atoms with Crippen LogP contribution >= 0.6 is 11.8 Å². The maximum absolute atomic E-state index is 12.1. The topological polar surface area (TPSA) is 102 Å². The molecule has 0 fully saturated rings. The first-order chi connectivity index (χ1) is 13.3. The second-order valence-corrected chi connectivity index (χ2v) is 6.89. The lowest BCUT2D eigenvalue weighted by molar-refractivity contribution is -0.118. The number of furan rings is 1. The van der Waals surface area contributed by atoms with E-state index in [4.69, 9.17) is 4.42 Å². The fraction of sp³-hybridized carbons (Fsp3) is 0.222. The van der Waals surface area contributed by atoms with Crippen LogP contribution in [0.2, 0.25) is 0 Å². The normalized spacial score (nSPS) is 11.1. The number of thioether (sulfide) groups is 1. The molecule has 3 aromatic heterocycles. The molecule has 0 saturated carbocycles. The fourth-order valence-electron chi connectivity index (χ4n) is 2.81. The zero-order valence-corrected chi connectivity index (χ0v) is 15.3. The van der Waals surface area contributed by atoms with Gasteiger partial charge < -0.3 is 14.7 Å². The van der Waals surface area contributed by atoms with Crippen molar-refractivity contribution >= 4 is 28.6 Å². The van der Waals surface area contributed by atoms with Gasteiger partial charge >= 0.3 is 0 Å². The zero-order valence-electron chi connectivity index (χ0n) is 14.5. The number of nitrogens with zero attached hydrogens (tertiary/aromatic N) is 4. The van der Waals surface area contributed by atoms with Crippen LogP contribution in [-0.4, -0.2) is 43.4 Å². The van der Waals surface area contributed by atoms with E-state index in [1.165, 1.54) is 22.7 Å². The fourth-order valence-corrected chi connectivity index (χ4v) is 3.51. The highest BCUT2D eigenvalue weighted by Crippen LogP contribution is 2.18. The Balaban J connectivity index is 1.25. The molecule has 1 amide bonds. The minimum Gasteiger partial charge on any atom is -0.467 e. The van der Waals surface area contributed by atoms with Crippen LogP contribution in [0, 0.1) is 0 Å². The molecule has 27 heavy (non-hydrogen) atoms. The van der Waals surface area contributed by atoms with Crippen LogP contribution in [0.15, 0.2) is 58.4 Å². The third-order valence-electron chi connectivity index (χ3n) is 4.11. The number of hydrogen-bond donors (Lipinski definition) is 2. The van der Waals surface area contributed by atoms with Gasteiger partial charge in [-0.2, -0.15) is 0 Å². The molecule has 0 aliphatic heterocycles. The molecule has 0 unspecified atom stereocenters. The molecule has 0 radical (unpaired) electrons. The Bertz CT molecular complexity index is 1020. The number of rotatable bonds is 8. The number of H-pyrrole nitrogens is 1. The molecule has 4 aromatic rings. The van der Waals surface area contributed by atoms with Gasteiger partial charge in [-0.1, -0.05) is 30.0 Å². The van der Waals surface area contributed by atoms with Gasteiger partial charge in [-0.05, 0) is 40.6 Å². The van der Waals surface area contributed by atoms with Crippen LogP contribution in [0.1, 0.15) is 11.3 Å². The summed E-state index contributed by atoms with van der Waals surface area (Å²) >= 11 is 1.30. The summed E-state index contributed by atoms with van der Waals surface area (Å²) in [5.41, 5.74) is 2.30. The van der Waals surface area contributed by atoms with E-state index in [9.17, 15) is 4.79 Å². The van der Waals surface area contributed by atoms with Gasteiger partial charge in [0, 0.05) is 23.6 Å². The molecule has 0 bridgehead atoms. The Morgan fingerprint density at radius 3 is 3.07 bits per heavy atom. The average Bonchev–Trinajstić information content (AvgIpc) is 3.42. The lowest BCUT2D eigenvalue weighted by Crippen LogP contribution is -2.27. The Kier molecular flexibility index (Phi) is 5.20. The summed E-state index contributed by atoms with van der Waals surface area (Å²) < 4.78 is 6.91. The van der Waals surface area contributed by atoms with E-state index >= 15 is 0 Å². The Labute approximate surface area is 159 Å². The van der Waals surface area contributed by atoms with E-state index in [0.717, 1.165) is 17.7 Å². The van der Waals surface area contributed by atoms with Gasteiger partial charge in [0.05, 0.1) is 12.0 Å². The van der Waals surface area contributed by atoms with Gasteiger partial charge in [-0.15, -0.1) is 5.10 Å². The lowest BCUT2D eigenvalue weighted by atomic mass is 10.1. The van der Waals surface area contributed by atoms with Crippen LogP contribution in [0.3, 0.4) is 0 Å². The van der Waals surface area contributed by atoms with Crippen LogP contribution < -0.4 is 5.32 Å². The molecule has 8 nitrogen and oxygen atoms in total. The number of amides is 1. The summed E-state index contributed by atoms with van der Waals surface area (Å²) in [6, 6.07) is 11.8. The highest BCUT2D eigenvalue weighted by Gasteiger charge is 2.11.